The van der Waals surface area contributed by atoms with E-state index in [-0.39, 0.29) is 29.6 Å². The van der Waals surface area contributed by atoms with Gasteiger partial charge in [-0.1, -0.05) is 12.1 Å². The summed E-state index contributed by atoms with van der Waals surface area (Å²) in [6, 6.07) is 6.99. The third kappa shape index (κ3) is 4.44. The smallest absolute Gasteiger partial charge is 0.731 e. The van der Waals surface area contributed by atoms with Crippen LogP contribution in [0.15, 0.2) is 24.3 Å². The monoisotopic (exact) mass is 278 g/mol. The summed E-state index contributed by atoms with van der Waals surface area (Å²) >= 11 is 0. The fourth-order valence-corrected chi connectivity index (χ4v) is 2.55. The first-order valence-electron chi connectivity index (χ1n) is 5.64. The average molecular weight is 278 g/mol. The zero-order chi connectivity index (χ0) is 12.3. The van der Waals surface area contributed by atoms with Crippen LogP contribution >= 0.6 is 0 Å². The van der Waals surface area contributed by atoms with E-state index in [1.807, 2.05) is 16.9 Å². The first kappa shape index (κ1) is 15.8. The van der Waals surface area contributed by atoms with Crippen molar-refractivity contribution < 1.29 is 42.5 Å². The zero-order valence-electron chi connectivity index (χ0n) is 10.4. The molecule has 1 aliphatic heterocycles. The Morgan fingerprint density at radius 2 is 1.72 bits per heavy atom. The molecule has 1 fully saturated rings. The number of nitrogens with zero attached hydrogens (tertiary/aromatic N) is 1. The van der Waals surface area contributed by atoms with Gasteiger partial charge in [-0.15, -0.1) is 0 Å². The van der Waals surface area contributed by atoms with E-state index in [2.05, 4.69) is 4.90 Å². The first-order valence-corrected chi connectivity index (χ1v) is 7.05. The van der Waals surface area contributed by atoms with E-state index >= 15 is 0 Å². The summed E-state index contributed by atoms with van der Waals surface area (Å²) in [7, 11) is -4.47. The third-order valence-electron chi connectivity index (χ3n) is 2.84. The van der Waals surface area contributed by atoms with Crippen molar-refractivity contribution in [3.8, 4) is 0 Å². The molecule has 18 heavy (non-hydrogen) atoms. The van der Waals surface area contributed by atoms with Crippen LogP contribution in [0, 0.1) is 0 Å². The Kier molecular flexibility index (Phi) is 5.94. The molecule has 1 heterocycles. The van der Waals surface area contributed by atoms with Crippen molar-refractivity contribution in [3.63, 3.8) is 0 Å². The SMILES string of the molecule is O=S(=O)([O-])Nc1ccccc1N1CCCCC1.[Na+]. The Bertz CT molecular complexity index is 487. The van der Waals surface area contributed by atoms with Crippen LogP contribution in [0.1, 0.15) is 19.3 Å². The molecule has 0 aromatic heterocycles. The van der Waals surface area contributed by atoms with Crippen LogP contribution < -0.4 is 39.2 Å². The molecule has 5 nitrogen and oxygen atoms in total. The van der Waals surface area contributed by atoms with Gasteiger partial charge in [0.15, 0.2) is 10.3 Å². The predicted molar refractivity (Wildman–Crippen MR) is 65.8 cm³/mol. The van der Waals surface area contributed by atoms with E-state index in [0.717, 1.165) is 31.6 Å². The Hall–Kier alpha value is -0.270. The normalized spacial score (nSPS) is 15.9. The Morgan fingerprint density at radius 3 is 2.33 bits per heavy atom. The predicted octanol–water partition coefficient (Wildman–Crippen LogP) is -1.45. The number of benzene rings is 1. The van der Waals surface area contributed by atoms with Crippen molar-refractivity contribution in [2.45, 2.75) is 19.3 Å². The molecule has 1 N–H and O–H groups in total. The van der Waals surface area contributed by atoms with Crippen molar-refractivity contribution in [2.24, 2.45) is 0 Å². The van der Waals surface area contributed by atoms with Crippen LogP contribution in [0.4, 0.5) is 11.4 Å². The van der Waals surface area contributed by atoms with Crippen LogP contribution in [0.3, 0.4) is 0 Å². The van der Waals surface area contributed by atoms with Gasteiger partial charge in [0.2, 0.25) is 0 Å². The van der Waals surface area contributed by atoms with E-state index in [0.29, 0.717) is 5.69 Å². The van der Waals surface area contributed by atoms with Crippen LogP contribution in [-0.4, -0.2) is 26.1 Å². The number of nitrogens with one attached hydrogen (secondary N) is 1. The van der Waals surface area contributed by atoms with Gasteiger partial charge < -0.3 is 9.45 Å². The first-order chi connectivity index (χ1) is 8.06. The number of rotatable bonds is 3. The molecule has 1 aliphatic rings. The number of hydrogen-bond donors (Lipinski definition) is 1. The number of para-hydroxylation sites is 2. The Balaban J connectivity index is 0.00000162. The summed E-state index contributed by atoms with van der Waals surface area (Å²) in [6.45, 7) is 1.80. The van der Waals surface area contributed by atoms with Gasteiger partial charge in [-0.25, -0.2) is 8.42 Å². The molecule has 0 bridgehead atoms. The molecule has 94 valence electrons. The molecule has 0 saturated carbocycles. The van der Waals surface area contributed by atoms with Gasteiger partial charge >= 0.3 is 29.6 Å². The maximum Gasteiger partial charge on any atom is 1.00 e. The average Bonchev–Trinajstić information content (AvgIpc) is 2.29. The van der Waals surface area contributed by atoms with Gasteiger partial charge in [0.25, 0.3) is 0 Å². The fraction of sp³-hybridized carbons (Fsp3) is 0.455. The number of anilines is 2. The van der Waals surface area contributed by atoms with Crippen molar-refractivity contribution in [3.05, 3.63) is 24.3 Å². The summed E-state index contributed by atoms with van der Waals surface area (Å²) in [4.78, 5) is 2.11. The molecule has 0 radical (unpaired) electrons. The Morgan fingerprint density at radius 1 is 1.11 bits per heavy atom. The van der Waals surface area contributed by atoms with E-state index in [4.69, 9.17) is 0 Å². The standard InChI is InChI=1S/C11H16N2O3S.Na/c14-17(15,16)12-10-6-2-3-7-11(10)13-8-4-1-5-9-13;/h2-3,6-7,12H,1,4-5,8-9H2,(H,14,15,16);/q;+1/p-1. The molecule has 1 aromatic carbocycles. The largest absolute Gasteiger partial charge is 1.00 e. The molecule has 2 rings (SSSR count). The quantitative estimate of drug-likeness (QED) is 0.542. The van der Waals surface area contributed by atoms with E-state index in [1.54, 1.807) is 12.1 Å². The number of piperidine rings is 1. The fourth-order valence-electron chi connectivity index (χ4n) is 2.11. The van der Waals surface area contributed by atoms with Gasteiger partial charge in [-0.2, -0.15) is 0 Å². The van der Waals surface area contributed by atoms with Crippen molar-refractivity contribution in [1.29, 1.82) is 0 Å². The summed E-state index contributed by atoms with van der Waals surface area (Å²) < 4.78 is 34.3. The second-order valence-electron chi connectivity index (χ2n) is 4.12. The summed E-state index contributed by atoms with van der Waals surface area (Å²) in [6.07, 6.45) is 3.39. The van der Waals surface area contributed by atoms with Gasteiger partial charge in [0, 0.05) is 13.1 Å². The molecule has 7 heteroatoms. The maximum atomic E-state index is 10.8. The summed E-state index contributed by atoms with van der Waals surface area (Å²) in [5.74, 6) is 0. The van der Waals surface area contributed by atoms with Gasteiger partial charge in [0.05, 0.1) is 11.4 Å². The molecule has 0 aliphatic carbocycles. The van der Waals surface area contributed by atoms with Crippen molar-refractivity contribution in [2.75, 3.05) is 22.7 Å². The second-order valence-corrected chi connectivity index (χ2v) is 5.23. The molecular weight excluding hydrogens is 263 g/mol. The molecule has 0 unspecified atom stereocenters. The van der Waals surface area contributed by atoms with Crippen LogP contribution in [0.25, 0.3) is 0 Å². The molecular formula is C11H15N2NaO3S. The number of hydrogen-bond acceptors (Lipinski definition) is 4. The van der Waals surface area contributed by atoms with E-state index < -0.39 is 10.3 Å². The minimum absolute atomic E-state index is 0. The van der Waals surface area contributed by atoms with E-state index in [1.165, 1.54) is 6.42 Å². The van der Waals surface area contributed by atoms with Crippen LogP contribution in [0.2, 0.25) is 0 Å². The minimum Gasteiger partial charge on any atom is -0.731 e. The second kappa shape index (κ2) is 6.77. The van der Waals surface area contributed by atoms with Crippen LogP contribution in [-0.2, 0) is 10.3 Å². The topological polar surface area (TPSA) is 72.5 Å². The van der Waals surface area contributed by atoms with Crippen molar-refractivity contribution >= 4 is 21.7 Å². The molecule has 1 saturated heterocycles. The summed E-state index contributed by atoms with van der Waals surface area (Å²) in [5.41, 5.74) is 1.15. The van der Waals surface area contributed by atoms with Gasteiger partial charge in [-0.05, 0) is 31.4 Å². The molecule has 0 amide bonds. The van der Waals surface area contributed by atoms with Gasteiger partial charge in [0.1, 0.15) is 0 Å². The zero-order valence-corrected chi connectivity index (χ0v) is 13.2. The summed E-state index contributed by atoms with van der Waals surface area (Å²) in [5, 5.41) is 0. The van der Waals surface area contributed by atoms with Gasteiger partial charge in [-0.3, -0.25) is 4.72 Å². The molecule has 1 aromatic rings. The Labute approximate surface area is 130 Å². The minimum atomic E-state index is -4.47. The molecule has 0 spiro atoms. The van der Waals surface area contributed by atoms with E-state index in [9.17, 15) is 13.0 Å². The molecule has 0 atom stereocenters. The third-order valence-corrected chi connectivity index (χ3v) is 3.31. The van der Waals surface area contributed by atoms with Crippen molar-refractivity contribution in [1.82, 2.24) is 0 Å². The van der Waals surface area contributed by atoms with Crippen LogP contribution in [0.5, 0.6) is 0 Å². The maximum absolute atomic E-state index is 10.8.